The lowest BCUT2D eigenvalue weighted by Crippen LogP contribution is -2.51. The summed E-state index contributed by atoms with van der Waals surface area (Å²) in [5.41, 5.74) is -0.291. The first-order valence-corrected chi connectivity index (χ1v) is 16.4. The average Bonchev–Trinajstić information content (AvgIpc) is 3.56. The summed E-state index contributed by atoms with van der Waals surface area (Å²) in [4.78, 5) is 18.5. The molecule has 2 aromatic heterocycles. The molecule has 4 aromatic rings. The molecule has 246 valence electrons. The van der Waals surface area contributed by atoms with Crippen molar-refractivity contribution in [2.75, 3.05) is 51.3 Å². The molecule has 4 aliphatic rings. The summed E-state index contributed by atoms with van der Waals surface area (Å²) in [7, 11) is 1.44. The van der Waals surface area contributed by atoms with Gasteiger partial charge in [0.05, 0.1) is 31.3 Å². The standard InChI is InChI=1S/C36H35F2N7O3/c1-3-25-27(37)7-4-21-12-24(46)13-26(28(21)25)31-30(38)32-29(34(41-31)47-2)33(45-16-22-5-6-23(17-45)40-22)43-35(42-32)48-19-36(9-10-36)18-44-11-8-20(14-39)15-44/h1,4,7,12-13,20,22-23,40,46H,5-6,8-11,15-19H2,2H3. The molecule has 2 aromatic carbocycles. The number of ether oxygens (including phenoxy) is 2. The number of hydrogen-bond acceptors (Lipinski definition) is 10. The zero-order chi connectivity index (χ0) is 33.2. The molecule has 1 aliphatic carbocycles. The molecular weight excluding hydrogens is 616 g/mol. The van der Waals surface area contributed by atoms with Crippen LogP contribution < -0.4 is 19.7 Å². The maximum Gasteiger partial charge on any atom is 0.319 e. The summed E-state index contributed by atoms with van der Waals surface area (Å²) in [6, 6.07) is 8.41. The molecule has 0 spiro atoms. The second kappa shape index (κ2) is 11.7. The second-order valence-corrected chi connectivity index (χ2v) is 13.7. The number of phenolic OH excluding ortho intramolecular Hbond substituents is 1. The number of piperazine rings is 1. The van der Waals surface area contributed by atoms with Crippen molar-refractivity contribution in [1.29, 1.82) is 5.26 Å². The van der Waals surface area contributed by atoms with Crippen LogP contribution in [0.25, 0.3) is 32.9 Å². The highest BCUT2D eigenvalue weighted by Crippen LogP contribution is 2.48. The molecule has 3 unspecified atom stereocenters. The van der Waals surface area contributed by atoms with Crippen LogP contribution in [-0.2, 0) is 0 Å². The van der Waals surface area contributed by atoms with E-state index in [4.69, 9.17) is 20.9 Å². The van der Waals surface area contributed by atoms with Gasteiger partial charge in [0.25, 0.3) is 0 Å². The summed E-state index contributed by atoms with van der Waals surface area (Å²) < 4.78 is 44.1. The molecule has 3 saturated heterocycles. The van der Waals surface area contributed by atoms with Gasteiger partial charge in [0.2, 0.25) is 5.88 Å². The topological polar surface area (TPSA) is 120 Å². The Labute approximate surface area is 276 Å². The number of aromatic hydroxyl groups is 1. The lowest BCUT2D eigenvalue weighted by atomic mass is 9.95. The van der Waals surface area contributed by atoms with E-state index in [2.05, 4.69) is 37.1 Å². The smallest absolute Gasteiger partial charge is 0.319 e. The van der Waals surface area contributed by atoms with E-state index in [-0.39, 0.29) is 68.8 Å². The fourth-order valence-corrected chi connectivity index (χ4v) is 7.74. The molecule has 48 heavy (non-hydrogen) atoms. The zero-order valence-corrected chi connectivity index (χ0v) is 26.6. The number of nitrogens with one attached hydrogen (secondary N) is 1. The van der Waals surface area contributed by atoms with Crippen LogP contribution >= 0.6 is 0 Å². The van der Waals surface area contributed by atoms with Crippen LogP contribution in [0.4, 0.5) is 14.6 Å². The monoisotopic (exact) mass is 651 g/mol. The van der Waals surface area contributed by atoms with Crippen LogP contribution in [0.5, 0.6) is 17.6 Å². The van der Waals surface area contributed by atoms with Crippen molar-refractivity contribution in [1.82, 2.24) is 25.2 Å². The van der Waals surface area contributed by atoms with Crippen molar-refractivity contribution in [2.45, 2.75) is 44.2 Å². The van der Waals surface area contributed by atoms with Crippen LogP contribution in [0.1, 0.15) is 37.7 Å². The number of pyridine rings is 1. The predicted octanol–water partition coefficient (Wildman–Crippen LogP) is 4.76. The third-order valence-corrected chi connectivity index (χ3v) is 10.4. The van der Waals surface area contributed by atoms with Crippen LogP contribution in [0.15, 0.2) is 24.3 Å². The number of terminal acetylenes is 1. The Bertz CT molecular complexity index is 2030. The van der Waals surface area contributed by atoms with E-state index in [1.165, 1.54) is 31.4 Å². The summed E-state index contributed by atoms with van der Waals surface area (Å²) >= 11 is 0. The Morgan fingerprint density at radius 2 is 1.88 bits per heavy atom. The molecule has 3 atom stereocenters. The first kappa shape index (κ1) is 30.5. The van der Waals surface area contributed by atoms with E-state index in [0.717, 1.165) is 51.7 Å². The number of anilines is 1. The second-order valence-electron chi connectivity index (χ2n) is 13.7. The van der Waals surface area contributed by atoms with Crippen LogP contribution in [-0.4, -0.2) is 83.5 Å². The number of benzene rings is 2. The fraction of sp³-hybridized carbons (Fsp3) is 0.444. The summed E-state index contributed by atoms with van der Waals surface area (Å²) in [5, 5.41) is 24.6. The lowest BCUT2D eigenvalue weighted by molar-refractivity contribution is 0.169. The molecule has 3 aliphatic heterocycles. The Morgan fingerprint density at radius 3 is 2.56 bits per heavy atom. The third-order valence-electron chi connectivity index (χ3n) is 10.4. The van der Waals surface area contributed by atoms with E-state index in [9.17, 15) is 14.8 Å². The minimum absolute atomic E-state index is 0.0419. The van der Waals surface area contributed by atoms with Gasteiger partial charge in [-0.1, -0.05) is 12.0 Å². The highest BCUT2D eigenvalue weighted by atomic mass is 19.1. The van der Waals surface area contributed by atoms with E-state index >= 15 is 4.39 Å². The first-order chi connectivity index (χ1) is 23.3. The van der Waals surface area contributed by atoms with Gasteiger partial charge in [0.15, 0.2) is 5.82 Å². The summed E-state index contributed by atoms with van der Waals surface area (Å²) in [6.07, 6.45) is 10.6. The Kier molecular flexibility index (Phi) is 7.46. The van der Waals surface area contributed by atoms with Gasteiger partial charge in [0, 0.05) is 54.6 Å². The largest absolute Gasteiger partial charge is 0.508 e. The van der Waals surface area contributed by atoms with Crippen molar-refractivity contribution >= 4 is 27.5 Å². The predicted molar refractivity (Wildman–Crippen MR) is 176 cm³/mol. The van der Waals surface area contributed by atoms with Crippen LogP contribution in [0, 0.1) is 46.6 Å². The zero-order valence-electron chi connectivity index (χ0n) is 26.6. The van der Waals surface area contributed by atoms with Crippen molar-refractivity contribution in [3.05, 3.63) is 41.5 Å². The SMILES string of the molecule is C#Cc1c(F)ccc2cc(O)cc(-c3nc(OC)c4c(N5CC6CCC(C5)N6)nc(OCC5(CN6CCC(C#N)C6)CC5)nc4c3F)c12. The molecular formula is C36H35F2N7O3. The summed E-state index contributed by atoms with van der Waals surface area (Å²) in [5.74, 6) is 1.39. The van der Waals surface area contributed by atoms with Crippen molar-refractivity contribution in [3.8, 4) is 47.3 Å². The number of nitrogens with zero attached hydrogens (tertiary/aromatic N) is 6. The molecule has 5 heterocycles. The minimum atomic E-state index is -0.794. The highest BCUT2D eigenvalue weighted by Gasteiger charge is 2.46. The Balaban J connectivity index is 1.25. The number of halogens is 2. The third kappa shape index (κ3) is 5.29. The molecule has 8 rings (SSSR count). The summed E-state index contributed by atoms with van der Waals surface area (Å²) in [6.45, 7) is 4.15. The minimum Gasteiger partial charge on any atom is -0.508 e. The number of aromatic nitrogens is 3. The van der Waals surface area contributed by atoms with E-state index in [1.54, 1.807) is 0 Å². The molecule has 10 nitrogen and oxygen atoms in total. The number of likely N-dealkylation sites (tertiary alicyclic amines) is 1. The highest BCUT2D eigenvalue weighted by molar-refractivity contribution is 6.04. The molecule has 0 radical (unpaired) electrons. The van der Waals surface area contributed by atoms with Gasteiger partial charge in [-0.05, 0) is 62.2 Å². The van der Waals surface area contributed by atoms with Gasteiger partial charge in [0.1, 0.15) is 34.0 Å². The van der Waals surface area contributed by atoms with Gasteiger partial charge < -0.3 is 29.7 Å². The van der Waals surface area contributed by atoms with E-state index < -0.39 is 11.6 Å². The quantitative estimate of drug-likeness (QED) is 0.258. The van der Waals surface area contributed by atoms with Crippen molar-refractivity contribution in [2.24, 2.45) is 11.3 Å². The average molecular weight is 652 g/mol. The number of rotatable bonds is 8. The molecule has 12 heteroatoms. The van der Waals surface area contributed by atoms with Gasteiger partial charge in [-0.2, -0.15) is 15.2 Å². The van der Waals surface area contributed by atoms with Crippen LogP contribution in [0.2, 0.25) is 0 Å². The van der Waals surface area contributed by atoms with E-state index in [1.807, 2.05) is 0 Å². The molecule has 2 N–H and O–H groups in total. The first-order valence-electron chi connectivity index (χ1n) is 16.4. The van der Waals surface area contributed by atoms with Crippen molar-refractivity contribution in [3.63, 3.8) is 0 Å². The van der Waals surface area contributed by atoms with Gasteiger partial charge in [-0.15, -0.1) is 6.42 Å². The number of methoxy groups -OCH3 is 1. The maximum absolute atomic E-state index is 17.0. The number of phenols is 1. The van der Waals surface area contributed by atoms with E-state index in [0.29, 0.717) is 36.3 Å². The number of nitriles is 1. The molecule has 1 saturated carbocycles. The van der Waals surface area contributed by atoms with Gasteiger partial charge in [-0.3, -0.25) is 0 Å². The Hall–Kier alpha value is -4.78. The lowest BCUT2D eigenvalue weighted by Gasteiger charge is -2.34. The van der Waals surface area contributed by atoms with Crippen molar-refractivity contribution < 1.29 is 23.4 Å². The van der Waals surface area contributed by atoms with Gasteiger partial charge in [-0.25, -0.2) is 13.8 Å². The van der Waals surface area contributed by atoms with Gasteiger partial charge >= 0.3 is 6.01 Å². The molecule has 2 bridgehead atoms. The maximum atomic E-state index is 17.0. The fourth-order valence-electron chi connectivity index (χ4n) is 7.74. The number of hydrogen-bond donors (Lipinski definition) is 2. The molecule has 4 fully saturated rings. The molecule has 0 amide bonds. The Morgan fingerprint density at radius 1 is 1.08 bits per heavy atom. The number of fused-ring (bicyclic) bond motifs is 4. The van der Waals surface area contributed by atoms with Crippen LogP contribution in [0.3, 0.4) is 0 Å². The normalized spacial score (nSPS) is 22.9.